The van der Waals surface area contributed by atoms with Crippen LogP contribution in [0, 0.1) is 6.92 Å². The molecule has 6 nitrogen and oxygen atoms in total. The molecule has 2 rings (SSSR count). The van der Waals surface area contributed by atoms with E-state index < -0.39 is 0 Å². The number of carbonyl (C=O) groups is 1. The van der Waals surface area contributed by atoms with E-state index in [1.54, 1.807) is 24.3 Å². The molecule has 22 heavy (non-hydrogen) atoms. The molecule has 2 aromatic rings. The molecule has 1 aromatic carbocycles. The molecular weight excluding hydrogens is 280 g/mol. The first-order chi connectivity index (χ1) is 10.7. The molecular formula is C16H20N4O2. The second kappa shape index (κ2) is 7.97. The molecule has 0 radical (unpaired) electrons. The highest BCUT2D eigenvalue weighted by Crippen LogP contribution is 2.11. The number of nitrogens with one attached hydrogen (secondary N) is 2. The molecule has 1 aromatic heterocycles. The van der Waals surface area contributed by atoms with E-state index in [4.69, 9.17) is 4.74 Å². The Morgan fingerprint density at radius 1 is 1.09 bits per heavy atom. The van der Waals surface area contributed by atoms with Crippen molar-refractivity contribution < 1.29 is 9.53 Å². The summed E-state index contributed by atoms with van der Waals surface area (Å²) in [4.78, 5) is 12.0. The van der Waals surface area contributed by atoms with Gasteiger partial charge in [-0.2, -0.15) is 5.10 Å². The van der Waals surface area contributed by atoms with Crippen LogP contribution in [0.25, 0.3) is 0 Å². The molecule has 0 aliphatic heterocycles. The van der Waals surface area contributed by atoms with Gasteiger partial charge in [0.25, 0.3) is 5.91 Å². The highest BCUT2D eigenvalue weighted by Gasteiger charge is 2.04. The predicted octanol–water partition coefficient (Wildman–Crippen LogP) is 2.03. The molecule has 0 saturated carbocycles. The van der Waals surface area contributed by atoms with E-state index in [1.807, 2.05) is 26.0 Å². The maximum Gasteiger partial charge on any atom is 0.251 e. The van der Waals surface area contributed by atoms with Crippen LogP contribution in [0.5, 0.6) is 5.75 Å². The quantitative estimate of drug-likeness (QED) is 0.765. The maximum absolute atomic E-state index is 12.0. The Hall–Kier alpha value is -2.63. The van der Waals surface area contributed by atoms with Crippen LogP contribution < -0.4 is 15.4 Å². The summed E-state index contributed by atoms with van der Waals surface area (Å²) in [5.41, 5.74) is 1.48. The summed E-state index contributed by atoms with van der Waals surface area (Å²) in [6.07, 6.45) is 0. The zero-order chi connectivity index (χ0) is 15.8. The zero-order valence-electron chi connectivity index (χ0n) is 12.8. The smallest absolute Gasteiger partial charge is 0.251 e. The second-order valence-corrected chi connectivity index (χ2v) is 4.70. The molecule has 116 valence electrons. The molecule has 0 bridgehead atoms. The molecule has 0 aliphatic carbocycles. The van der Waals surface area contributed by atoms with Crippen molar-refractivity contribution in [3.05, 3.63) is 47.7 Å². The van der Waals surface area contributed by atoms with Crippen LogP contribution in [-0.2, 0) is 0 Å². The zero-order valence-corrected chi connectivity index (χ0v) is 12.8. The van der Waals surface area contributed by atoms with Crippen LogP contribution in [0.3, 0.4) is 0 Å². The van der Waals surface area contributed by atoms with Gasteiger partial charge in [-0.3, -0.25) is 4.79 Å². The average Bonchev–Trinajstić information content (AvgIpc) is 2.54. The Morgan fingerprint density at radius 2 is 1.86 bits per heavy atom. The molecule has 1 heterocycles. The third-order valence-electron chi connectivity index (χ3n) is 2.94. The molecule has 2 N–H and O–H groups in total. The Kier molecular flexibility index (Phi) is 5.71. The minimum Gasteiger partial charge on any atom is -0.494 e. The molecule has 6 heteroatoms. The highest BCUT2D eigenvalue weighted by atomic mass is 16.5. The van der Waals surface area contributed by atoms with Gasteiger partial charge in [0.05, 0.1) is 12.3 Å². The number of aromatic nitrogens is 2. The molecule has 0 atom stereocenters. The van der Waals surface area contributed by atoms with Gasteiger partial charge in [-0.05, 0) is 50.2 Å². The van der Waals surface area contributed by atoms with Crippen molar-refractivity contribution in [1.29, 1.82) is 0 Å². The van der Waals surface area contributed by atoms with E-state index >= 15 is 0 Å². The minimum absolute atomic E-state index is 0.111. The Balaban J connectivity index is 1.74. The number of hydrogen-bond acceptors (Lipinski definition) is 5. The summed E-state index contributed by atoms with van der Waals surface area (Å²) in [6, 6.07) is 10.8. The molecule has 0 saturated heterocycles. The number of hydrogen-bond donors (Lipinski definition) is 2. The van der Waals surface area contributed by atoms with Crippen LogP contribution in [0.4, 0.5) is 5.82 Å². The lowest BCUT2D eigenvalue weighted by atomic mass is 10.2. The Labute approximate surface area is 129 Å². The van der Waals surface area contributed by atoms with E-state index in [2.05, 4.69) is 20.8 Å². The fourth-order valence-electron chi connectivity index (χ4n) is 1.83. The number of aryl methyl sites for hydroxylation is 1. The first-order valence-corrected chi connectivity index (χ1v) is 7.24. The van der Waals surface area contributed by atoms with Gasteiger partial charge >= 0.3 is 0 Å². The first kappa shape index (κ1) is 15.8. The first-order valence-electron chi connectivity index (χ1n) is 7.24. The lowest BCUT2D eigenvalue weighted by Crippen LogP contribution is -2.28. The molecule has 0 unspecified atom stereocenters. The van der Waals surface area contributed by atoms with E-state index in [0.29, 0.717) is 31.1 Å². The van der Waals surface area contributed by atoms with Crippen molar-refractivity contribution >= 4 is 11.7 Å². The van der Waals surface area contributed by atoms with E-state index in [9.17, 15) is 4.79 Å². The second-order valence-electron chi connectivity index (χ2n) is 4.70. The summed E-state index contributed by atoms with van der Waals surface area (Å²) in [7, 11) is 0. The monoisotopic (exact) mass is 300 g/mol. The molecule has 0 aliphatic rings. The predicted molar refractivity (Wildman–Crippen MR) is 85.2 cm³/mol. The van der Waals surface area contributed by atoms with Gasteiger partial charge in [0.1, 0.15) is 11.6 Å². The number of ether oxygens (including phenoxy) is 1. The number of anilines is 1. The van der Waals surface area contributed by atoms with E-state index in [-0.39, 0.29) is 5.91 Å². The van der Waals surface area contributed by atoms with Gasteiger partial charge in [0.15, 0.2) is 0 Å². The van der Waals surface area contributed by atoms with Gasteiger partial charge in [0, 0.05) is 18.7 Å². The summed E-state index contributed by atoms with van der Waals surface area (Å²) in [6.45, 7) is 5.50. The van der Waals surface area contributed by atoms with Gasteiger partial charge < -0.3 is 15.4 Å². The van der Waals surface area contributed by atoms with Gasteiger partial charge in [-0.15, -0.1) is 5.10 Å². The Bertz CT molecular complexity index is 597. The number of amides is 1. The molecule has 1 amide bonds. The average molecular weight is 300 g/mol. The van der Waals surface area contributed by atoms with Crippen molar-refractivity contribution in [3.8, 4) is 5.75 Å². The Morgan fingerprint density at radius 3 is 2.50 bits per heavy atom. The van der Waals surface area contributed by atoms with Crippen LogP contribution >= 0.6 is 0 Å². The summed E-state index contributed by atoms with van der Waals surface area (Å²) < 4.78 is 5.34. The lowest BCUT2D eigenvalue weighted by molar-refractivity contribution is 0.0955. The largest absolute Gasteiger partial charge is 0.494 e. The van der Waals surface area contributed by atoms with Gasteiger partial charge in [0.2, 0.25) is 0 Å². The number of carbonyl (C=O) groups excluding carboxylic acids is 1. The van der Waals surface area contributed by atoms with Crippen LogP contribution in [-0.4, -0.2) is 35.8 Å². The normalized spacial score (nSPS) is 10.1. The molecule has 0 fully saturated rings. The lowest BCUT2D eigenvalue weighted by Gasteiger charge is -2.08. The fourth-order valence-corrected chi connectivity index (χ4v) is 1.83. The van der Waals surface area contributed by atoms with Crippen molar-refractivity contribution in [2.75, 3.05) is 25.0 Å². The topological polar surface area (TPSA) is 76.1 Å². The highest BCUT2D eigenvalue weighted by molar-refractivity contribution is 5.94. The van der Waals surface area contributed by atoms with E-state index in [0.717, 1.165) is 11.4 Å². The number of rotatable bonds is 7. The van der Waals surface area contributed by atoms with Crippen LogP contribution in [0.2, 0.25) is 0 Å². The third kappa shape index (κ3) is 4.73. The van der Waals surface area contributed by atoms with Crippen LogP contribution in [0.1, 0.15) is 23.0 Å². The fraction of sp³-hybridized carbons (Fsp3) is 0.312. The summed E-state index contributed by atoms with van der Waals surface area (Å²) >= 11 is 0. The SMILES string of the molecule is CCOc1ccc(C(=O)NCCNc2ccc(C)nn2)cc1. The van der Waals surface area contributed by atoms with Crippen molar-refractivity contribution in [2.24, 2.45) is 0 Å². The van der Waals surface area contributed by atoms with Crippen molar-refractivity contribution in [2.45, 2.75) is 13.8 Å². The van der Waals surface area contributed by atoms with Gasteiger partial charge in [-0.25, -0.2) is 0 Å². The minimum atomic E-state index is -0.111. The number of nitrogens with zero attached hydrogens (tertiary/aromatic N) is 2. The maximum atomic E-state index is 12.0. The summed E-state index contributed by atoms with van der Waals surface area (Å²) in [5.74, 6) is 1.35. The van der Waals surface area contributed by atoms with Crippen molar-refractivity contribution in [3.63, 3.8) is 0 Å². The third-order valence-corrected chi connectivity index (χ3v) is 2.94. The van der Waals surface area contributed by atoms with Gasteiger partial charge in [-0.1, -0.05) is 0 Å². The van der Waals surface area contributed by atoms with E-state index in [1.165, 1.54) is 0 Å². The standard InChI is InChI=1S/C16H20N4O2/c1-3-22-14-7-5-13(6-8-14)16(21)18-11-10-17-15-9-4-12(2)19-20-15/h4-9H,3,10-11H2,1-2H3,(H,17,20)(H,18,21). The van der Waals surface area contributed by atoms with Crippen molar-refractivity contribution in [1.82, 2.24) is 15.5 Å². The number of benzene rings is 1. The van der Waals surface area contributed by atoms with Crippen LogP contribution in [0.15, 0.2) is 36.4 Å². The molecule has 0 spiro atoms. The summed E-state index contributed by atoms with van der Waals surface area (Å²) in [5, 5.41) is 13.9.